The summed E-state index contributed by atoms with van der Waals surface area (Å²) in [5, 5.41) is 28.8. The fourth-order valence-electron chi connectivity index (χ4n) is 1.73. The molecule has 0 unspecified atom stereocenters. The Bertz CT molecular complexity index is 553. The van der Waals surface area contributed by atoms with Gasteiger partial charge in [-0.15, -0.1) is 0 Å². The van der Waals surface area contributed by atoms with Crippen molar-refractivity contribution in [3.05, 3.63) is 35.4 Å². The molecule has 21 heavy (non-hydrogen) atoms. The highest BCUT2D eigenvalue weighted by Gasteiger charge is 2.21. The van der Waals surface area contributed by atoms with Gasteiger partial charge in [-0.1, -0.05) is 12.1 Å². The maximum Gasteiger partial charge on any atom is 0.326 e. The maximum atomic E-state index is 11.9. The molecule has 0 fully saturated rings. The fraction of sp³-hybridized carbons (Fsp3) is 0.357. The number of aliphatic hydroxyl groups is 1. The normalized spacial score (nSPS) is 11.3. The molecule has 0 aromatic heterocycles. The largest absolute Gasteiger partial charge is 0.480 e. The van der Waals surface area contributed by atoms with Crippen LogP contribution in [0.2, 0.25) is 0 Å². The van der Waals surface area contributed by atoms with Crippen molar-refractivity contribution in [2.45, 2.75) is 19.0 Å². The number of nitriles is 1. The predicted molar refractivity (Wildman–Crippen MR) is 74.3 cm³/mol. The standard InChI is InChI=1S/C14H17N3O4/c1-17(9-11-4-2-3-10(7-11)8-15)14(21)16-12(5-6-18)13(19)20/h2-4,7,12,18H,5-6,9H2,1H3,(H,16,21)(H,19,20)/t12-/m0/s1. The zero-order valence-corrected chi connectivity index (χ0v) is 11.6. The average molecular weight is 291 g/mol. The van der Waals surface area contributed by atoms with Crippen LogP contribution < -0.4 is 5.32 Å². The molecule has 0 saturated carbocycles. The molecule has 3 N–H and O–H groups in total. The molecular weight excluding hydrogens is 274 g/mol. The van der Waals surface area contributed by atoms with Crippen molar-refractivity contribution in [2.24, 2.45) is 0 Å². The summed E-state index contributed by atoms with van der Waals surface area (Å²) in [4.78, 5) is 24.1. The van der Waals surface area contributed by atoms with Gasteiger partial charge in [-0.25, -0.2) is 9.59 Å². The summed E-state index contributed by atoms with van der Waals surface area (Å²) in [6.07, 6.45) is -0.0567. The minimum atomic E-state index is -1.20. The van der Waals surface area contributed by atoms with Crippen LogP contribution in [0.4, 0.5) is 4.79 Å². The van der Waals surface area contributed by atoms with Crippen LogP contribution in [0.15, 0.2) is 24.3 Å². The van der Waals surface area contributed by atoms with Gasteiger partial charge in [0, 0.05) is 26.6 Å². The first-order chi connectivity index (χ1) is 9.97. The molecule has 2 amide bonds. The Morgan fingerprint density at radius 3 is 2.76 bits per heavy atom. The highest BCUT2D eigenvalue weighted by Crippen LogP contribution is 2.07. The van der Waals surface area contributed by atoms with E-state index in [0.29, 0.717) is 5.56 Å². The molecule has 0 spiro atoms. The topological polar surface area (TPSA) is 114 Å². The van der Waals surface area contributed by atoms with Crippen LogP contribution in [0.1, 0.15) is 17.5 Å². The summed E-state index contributed by atoms with van der Waals surface area (Å²) in [6, 6.07) is 7.12. The Morgan fingerprint density at radius 1 is 1.48 bits per heavy atom. The van der Waals surface area contributed by atoms with Crippen LogP contribution >= 0.6 is 0 Å². The summed E-state index contributed by atoms with van der Waals surface area (Å²) in [5.74, 6) is -1.20. The molecule has 1 aromatic rings. The molecule has 0 bridgehead atoms. The third kappa shape index (κ3) is 5.12. The minimum Gasteiger partial charge on any atom is -0.480 e. The van der Waals surface area contributed by atoms with Gasteiger partial charge in [0.25, 0.3) is 0 Å². The number of amides is 2. The van der Waals surface area contributed by atoms with E-state index in [2.05, 4.69) is 5.32 Å². The van der Waals surface area contributed by atoms with Gasteiger partial charge in [0.05, 0.1) is 11.6 Å². The lowest BCUT2D eigenvalue weighted by Crippen LogP contribution is -2.46. The second kappa shape index (κ2) is 7.87. The SMILES string of the molecule is CN(Cc1cccc(C#N)c1)C(=O)N[C@@H](CCO)C(=O)O. The van der Waals surface area contributed by atoms with Crippen molar-refractivity contribution in [3.63, 3.8) is 0 Å². The Kier molecular flexibility index (Phi) is 6.17. The van der Waals surface area contributed by atoms with Crippen molar-refractivity contribution in [3.8, 4) is 6.07 Å². The van der Waals surface area contributed by atoms with Crippen molar-refractivity contribution >= 4 is 12.0 Å². The summed E-state index contributed by atoms with van der Waals surface area (Å²) >= 11 is 0. The maximum absolute atomic E-state index is 11.9. The molecule has 0 heterocycles. The summed E-state index contributed by atoms with van der Waals surface area (Å²) in [6.45, 7) is -0.0853. The van der Waals surface area contributed by atoms with E-state index in [1.807, 2.05) is 6.07 Å². The van der Waals surface area contributed by atoms with E-state index in [4.69, 9.17) is 15.5 Å². The first kappa shape index (κ1) is 16.5. The van der Waals surface area contributed by atoms with Crippen LogP contribution in [0.5, 0.6) is 0 Å². The molecule has 1 atom stereocenters. The minimum absolute atomic E-state index is 0.0567. The van der Waals surface area contributed by atoms with E-state index >= 15 is 0 Å². The molecule has 1 aromatic carbocycles. The molecule has 0 aliphatic heterocycles. The fourth-order valence-corrected chi connectivity index (χ4v) is 1.73. The van der Waals surface area contributed by atoms with E-state index in [1.165, 1.54) is 11.9 Å². The molecule has 7 nitrogen and oxygen atoms in total. The van der Waals surface area contributed by atoms with Gasteiger partial charge in [-0.05, 0) is 17.7 Å². The second-order valence-corrected chi connectivity index (χ2v) is 4.52. The zero-order chi connectivity index (χ0) is 15.8. The monoisotopic (exact) mass is 291 g/mol. The van der Waals surface area contributed by atoms with Gasteiger partial charge in [0.1, 0.15) is 6.04 Å². The van der Waals surface area contributed by atoms with E-state index in [-0.39, 0.29) is 19.6 Å². The van der Waals surface area contributed by atoms with E-state index in [1.54, 1.807) is 24.3 Å². The Morgan fingerprint density at radius 2 is 2.19 bits per heavy atom. The van der Waals surface area contributed by atoms with Crippen LogP contribution in [0.3, 0.4) is 0 Å². The van der Waals surface area contributed by atoms with Gasteiger partial charge in [0.15, 0.2) is 0 Å². The highest BCUT2D eigenvalue weighted by atomic mass is 16.4. The van der Waals surface area contributed by atoms with Gasteiger partial charge in [-0.2, -0.15) is 5.26 Å². The number of carboxylic acid groups (broad SMARTS) is 1. The van der Waals surface area contributed by atoms with Crippen LogP contribution in [0, 0.1) is 11.3 Å². The number of aliphatic carboxylic acids is 1. The molecule has 0 saturated heterocycles. The van der Waals surface area contributed by atoms with Crippen molar-refractivity contribution < 1.29 is 19.8 Å². The molecular formula is C14H17N3O4. The van der Waals surface area contributed by atoms with Crippen molar-refractivity contribution in [2.75, 3.05) is 13.7 Å². The molecule has 0 radical (unpaired) electrons. The quantitative estimate of drug-likeness (QED) is 0.707. The number of benzene rings is 1. The number of aliphatic hydroxyl groups excluding tert-OH is 1. The van der Waals surface area contributed by atoms with Crippen molar-refractivity contribution in [1.82, 2.24) is 10.2 Å². The summed E-state index contributed by atoms with van der Waals surface area (Å²) in [5.41, 5.74) is 1.26. The van der Waals surface area contributed by atoms with Crippen LogP contribution in [-0.2, 0) is 11.3 Å². The number of rotatable bonds is 6. The zero-order valence-electron chi connectivity index (χ0n) is 11.6. The first-order valence-electron chi connectivity index (χ1n) is 6.32. The van der Waals surface area contributed by atoms with Gasteiger partial charge in [0.2, 0.25) is 0 Å². The van der Waals surface area contributed by atoms with E-state index < -0.39 is 18.0 Å². The average Bonchev–Trinajstić information content (AvgIpc) is 2.46. The number of nitrogens with zero attached hydrogens (tertiary/aromatic N) is 2. The number of hydrogen-bond acceptors (Lipinski definition) is 4. The second-order valence-electron chi connectivity index (χ2n) is 4.52. The molecule has 0 aliphatic rings. The van der Waals surface area contributed by atoms with Gasteiger partial charge >= 0.3 is 12.0 Å². The number of carboxylic acids is 1. The Balaban J connectivity index is 2.65. The number of nitrogens with one attached hydrogen (secondary N) is 1. The number of urea groups is 1. The Hall–Kier alpha value is -2.59. The predicted octanol–water partition coefficient (Wildman–Crippen LogP) is 0.535. The lowest BCUT2D eigenvalue weighted by molar-refractivity contribution is -0.139. The smallest absolute Gasteiger partial charge is 0.326 e. The van der Waals surface area contributed by atoms with E-state index in [0.717, 1.165) is 5.56 Å². The molecule has 112 valence electrons. The first-order valence-corrected chi connectivity index (χ1v) is 6.32. The van der Waals surface area contributed by atoms with Crippen LogP contribution in [0.25, 0.3) is 0 Å². The lowest BCUT2D eigenvalue weighted by atomic mass is 10.1. The summed E-state index contributed by atoms with van der Waals surface area (Å²) in [7, 11) is 1.52. The van der Waals surface area contributed by atoms with Gasteiger partial charge in [-0.3, -0.25) is 0 Å². The molecule has 0 aliphatic carbocycles. The lowest BCUT2D eigenvalue weighted by Gasteiger charge is -2.21. The number of hydrogen-bond donors (Lipinski definition) is 3. The summed E-state index contributed by atoms with van der Waals surface area (Å²) < 4.78 is 0. The molecule has 7 heteroatoms. The third-order valence-electron chi connectivity index (χ3n) is 2.84. The van der Waals surface area contributed by atoms with Gasteiger partial charge < -0.3 is 20.4 Å². The van der Waals surface area contributed by atoms with E-state index in [9.17, 15) is 9.59 Å². The highest BCUT2D eigenvalue weighted by molar-refractivity contribution is 5.82. The number of carbonyl (C=O) groups is 2. The molecule has 1 rings (SSSR count). The number of carbonyl (C=O) groups excluding carboxylic acids is 1. The van der Waals surface area contributed by atoms with Crippen LogP contribution in [-0.4, -0.2) is 46.8 Å². The third-order valence-corrected chi connectivity index (χ3v) is 2.84. The van der Waals surface area contributed by atoms with Crippen molar-refractivity contribution in [1.29, 1.82) is 5.26 Å². The Labute approximate surface area is 122 Å².